The zero-order chi connectivity index (χ0) is 19.2. The Morgan fingerprint density at radius 2 is 1.50 bits per heavy atom. The largest absolute Gasteiger partial charge is 0.393 e. The molecule has 0 aromatic carbocycles. The summed E-state index contributed by atoms with van der Waals surface area (Å²) in [6.45, 7) is 7.69. The lowest BCUT2D eigenvalue weighted by Gasteiger charge is -2.63. The van der Waals surface area contributed by atoms with Crippen molar-refractivity contribution in [3.8, 4) is 0 Å². The molecule has 28 heavy (non-hydrogen) atoms. The first kappa shape index (κ1) is 18.6. The summed E-state index contributed by atoms with van der Waals surface area (Å²) in [6.07, 6.45) is 8.29. The van der Waals surface area contributed by atoms with Crippen LogP contribution >= 0.6 is 0 Å². The van der Waals surface area contributed by atoms with Gasteiger partial charge in [0.25, 0.3) is 0 Å². The third-order valence-electron chi connectivity index (χ3n) is 10.2. The molecule has 1 N–H and O–H groups in total. The normalized spacial score (nSPS) is 53.9. The molecule has 0 aromatic rings. The molecule has 6 fully saturated rings. The summed E-state index contributed by atoms with van der Waals surface area (Å²) in [6, 6.07) is 0. The summed E-state index contributed by atoms with van der Waals surface area (Å²) in [4.78, 5) is 0. The molecule has 5 nitrogen and oxygen atoms in total. The van der Waals surface area contributed by atoms with Crippen molar-refractivity contribution in [3.05, 3.63) is 0 Å². The standard InChI is InChI=1S/C23H36O5/c1-20-7-8-22(25-9-10-26-22)13-15(20)3-4-16-17-5-6-23(27-11-12-28-23)21(17,2)14-18(24)19(16)20/h15-19,24H,3-14H2,1-2H3/t15?,16?,17?,18-,19+,20?,21?/m0/s1. The quantitative estimate of drug-likeness (QED) is 0.684. The molecule has 6 rings (SSSR count). The summed E-state index contributed by atoms with van der Waals surface area (Å²) >= 11 is 0. The third-order valence-corrected chi connectivity index (χ3v) is 10.2. The van der Waals surface area contributed by atoms with Gasteiger partial charge >= 0.3 is 0 Å². The average molecular weight is 393 g/mol. The Balaban J connectivity index is 1.31. The van der Waals surface area contributed by atoms with Gasteiger partial charge < -0.3 is 24.1 Å². The van der Waals surface area contributed by atoms with Crippen LogP contribution in [0.3, 0.4) is 0 Å². The van der Waals surface area contributed by atoms with E-state index in [0.29, 0.717) is 36.9 Å². The number of ether oxygens (including phenoxy) is 4. The second-order valence-corrected chi connectivity index (χ2v) is 11.1. The van der Waals surface area contributed by atoms with Crippen molar-refractivity contribution in [2.24, 2.45) is 34.5 Å². The van der Waals surface area contributed by atoms with E-state index in [0.717, 1.165) is 45.3 Å². The average Bonchev–Trinajstić information content (AvgIpc) is 3.38. The van der Waals surface area contributed by atoms with E-state index in [1.54, 1.807) is 0 Å². The van der Waals surface area contributed by atoms with Gasteiger partial charge in [-0.25, -0.2) is 0 Å². The molecule has 0 amide bonds. The first-order chi connectivity index (χ1) is 13.4. The fourth-order valence-electron chi connectivity index (χ4n) is 8.96. The third kappa shape index (κ3) is 2.21. The number of aliphatic hydroxyl groups excluding tert-OH is 1. The van der Waals surface area contributed by atoms with Crippen molar-refractivity contribution in [1.29, 1.82) is 0 Å². The minimum atomic E-state index is -0.441. The topological polar surface area (TPSA) is 57.2 Å². The molecule has 7 atom stereocenters. The highest BCUT2D eigenvalue weighted by molar-refractivity contribution is 5.15. The second-order valence-electron chi connectivity index (χ2n) is 11.1. The Morgan fingerprint density at radius 3 is 2.25 bits per heavy atom. The van der Waals surface area contributed by atoms with Crippen LogP contribution in [0.25, 0.3) is 0 Å². The number of hydrogen-bond donors (Lipinski definition) is 1. The molecule has 2 aliphatic heterocycles. The lowest BCUT2D eigenvalue weighted by molar-refractivity contribution is -0.275. The van der Waals surface area contributed by atoms with Crippen LogP contribution in [-0.4, -0.2) is 49.2 Å². The minimum Gasteiger partial charge on any atom is -0.393 e. The first-order valence-electron chi connectivity index (χ1n) is 11.7. The lowest BCUT2D eigenvalue weighted by Crippen LogP contribution is -2.62. The van der Waals surface area contributed by atoms with E-state index >= 15 is 0 Å². The fourth-order valence-corrected chi connectivity index (χ4v) is 8.96. The van der Waals surface area contributed by atoms with Crippen molar-refractivity contribution >= 4 is 0 Å². The van der Waals surface area contributed by atoms with Crippen molar-refractivity contribution in [2.45, 2.75) is 82.9 Å². The number of rotatable bonds is 0. The molecule has 5 unspecified atom stereocenters. The molecule has 0 aromatic heterocycles. The Kier molecular flexibility index (Phi) is 3.94. The zero-order valence-electron chi connectivity index (χ0n) is 17.5. The maximum absolute atomic E-state index is 11.5. The molecule has 4 saturated carbocycles. The molecule has 158 valence electrons. The lowest BCUT2D eigenvalue weighted by atomic mass is 9.44. The van der Waals surface area contributed by atoms with Gasteiger partial charge in [-0.1, -0.05) is 13.8 Å². The van der Waals surface area contributed by atoms with Crippen LogP contribution in [0.4, 0.5) is 0 Å². The Bertz CT molecular complexity index is 639. The molecule has 5 heteroatoms. The summed E-state index contributed by atoms with van der Waals surface area (Å²) in [7, 11) is 0. The highest BCUT2D eigenvalue weighted by Gasteiger charge is 2.70. The molecule has 6 aliphatic rings. The van der Waals surface area contributed by atoms with Gasteiger partial charge in [-0.2, -0.15) is 0 Å². The highest BCUT2D eigenvalue weighted by atomic mass is 16.7. The first-order valence-corrected chi connectivity index (χ1v) is 11.7. The van der Waals surface area contributed by atoms with E-state index in [9.17, 15) is 5.11 Å². The van der Waals surface area contributed by atoms with Gasteiger partial charge in [-0.05, 0) is 61.2 Å². The van der Waals surface area contributed by atoms with E-state index < -0.39 is 5.79 Å². The van der Waals surface area contributed by atoms with Crippen LogP contribution in [0.1, 0.15) is 65.2 Å². The molecule has 0 radical (unpaired) electrons. The Morgan fingerprint density at radius 1 is 0.786 bits per heavy atom. The number of hydrogen-bond acceptors (Lipinski definition) is 5. The zero-order valence-corrected chi connectivity index (χ0v) is 17.5. The van der Waals surface area contributed by atoms with Crippen LogP contribution in [0.2, 0.25) is 0 Å². The molecule has 4 aliphatic carbocycles. The van der Waals surface area contributed by atoms with Gasteiger partial charge in [-0.3, -0.25) is 0 Å². The summed E-state index contributed by atoms with van der Waals surface area (Å²) < 4.78 is 24.6. The van der Waals surface area contributed by atoms with Gasteiger partial charge in [0.15, 0.2) is 11.6 Å². The molecular weight excluding hydrogens is 356 g/mol. The molecule has 0 bridgehead atoms. The van der Waals surface area contributed by atoms with Crippen LogP contribution in [0.5, 0.6) is 0 Å². The minimum absolute atomic E-state index is 0.0547. The van der Waals surface area contributed by atoms with E-state index in [1.165, 1.54) is 19.3 Å². The van der Waals surface area contributed by atoms with Crippen molar-refractivity contribution in [3.63, 3.8) is 0 Å². The van der Waals surface area contributed by atoms with Crippen LogP contribution in [0.15, 0.2) is 0 Å². The predicted octanol–water partition coefficient (Wildman–Crippen LogP) is 3.49. The van der Waals surface area contributed by atoms with E-state index in [-0.39, 0.29) is 22.7 Å². The van der Waals surface area contributed by atoms with Crippen molar-refractivity contribution in [2.75, 3.05) is 26.4 Å². The van der Waals surface area contributed by atoms with Crippen LogP contribution in [0, 0.1) is 34.5 Å². The fraction of sp³-hybridized carbons (Fsp3) is 1.00. The summed E-state index contributed by atoms with van der Waals surface area (Å²) in [5, 5.41) is 11.5. The highest BCUT2D eigenvalue weighted by Crippen LogP contribution is 2.70. The summed E-state index contributed by atoms with van der Waals surface area (Å²) in [5.41, 5.74) is 0.137. The second kappa shape index (κ2) is 5.94. The van der Waals surface area contributed by atoms with Crippen molar-refractivity contribution < 1.29 is 24.1 Å². The van der Waals surface area contributed by atoms with E-state index in [1.807, 2.05) is 0 Å². The van der Waals surface area contributed by atoms with Crippen LogP contribution in [-0.2, 0) is 18.9 Å². The Labute approximate surface area is 168 Å². The van der Waals surface area contributed by atoms with E-state index in [4.69, 9.17) is 18.9 Å². The number of fused-ring (bicyclic) bond motifs is 6. The van der Waals surface area contributed by atoms with E-state index in [2.05, 4.69) is 13.8 Å². The maximum atomic E-state index is 11.5. The van der Waals surface area contributed by atoms with Gasteiger partial charge in [0.05, 0.1) is 32.5 Å². The van der Waals surface area contributed by atoms with Crippen molar-refractivity contribution in [1.82, 2.24) is 0 Å². The van der Waals surface area contributed by atoms with Gasteiger partial charge in [0.1, 0.15) is 0 Å². The summed E-state index contributed by atoms with van der Waals surface area (Å²) in [5.74, 6) is 1.40. The number of aliphatic hydroxyl groups is 1. The monoisotopic (exact) mass is 392 g/mol. The van der Waals surface area contributed by atoms with Gasteiger partial charge in [0, 0.05) is 24.7 Å². The van der Waals surface area contributed by atoms with Gasteiger partial charge in [0.2, 0.25) is 0 Å². The maximum Gasteiger partial charge on any atom is 0.174 e. The molecule has 2 heterocycles. The Hall–Kier alpha value is -0.200. The molecular formula is C23H36O5. The predicted molar refractivity (Wildman–Crippen MR) is 102 cm³/mol. The molecule has 2 spiro atoms. The SMILES string of the molecule is CC12CCC3(CC1CCC1C4CCC5(OCCO5)C4(C)C[C@H](O)[C@@H]12)OCCO3. The molecule has 2 saturated heterocycles. The van der Waals surface area contributed by atoms with Gasteiger partial charge in [-0.15, -0.1) is 0 Å². The van der Waals surface area contributed by atoms with Crippen LogP contribution < -0.4 is 0 Å². The smallest absolute Gasteiger partial charge is 0.174 e.